The molecule has 0 rings (SSSR count). The molecule has 0 heterocycles. The van der Waals surface area contributed by atoms with Crippen molar-refractivity contribution in [3.05, 3.63) is 60.8 Å². The van der Waals surface area contributed by atoms with Gasteiger partial charge in [0.1, 0.15) is 0 Å². The number of nitrogens with one attached hydrogen (secondary N) is 1. The molecule has 4 heteroatoms. The van der Waals surface area contributed by atoms with Crippen LogP contribution in [0.2, 0.25) is 0 Å². The smallest absolute Gasteiger partial charge is 0.220 e. The molecule has 72 heavy (non-hydrogen) atoms. The van der Waals surface area contributed by atoms with E-state index in [2.05, 4.69) is 67.8 Å². The quantitative estimate of drug-likeness (QED) is 0.0420. The maximum atomic E-state index is 12.5. The van der Waals surface area contributed by atoms with Crippen LogP contribution in [0.5, 0.6) is 0 Å². The minimum absolute atomic E-state index is 0.0726. The second kappa shape index (κ2) is 63.4. The molecule has 0 spiro atoms. The van der Waals surface area contributed by atoms with Crippen molar-refractivity contribution in [3.63, 3.8) is 0 Å². The number of aliphatic hydroxyl groups excluding tert-OH is 2. The van der Waals surface area contributed by atoms with Gasteiger partial charge in [-0.25, -0.2) is 0 Å². The predicted octanol–water partition coefficient (Wildman–Crippen LogP) is 21.9. The number of amides is 1. The summed E-state index contributed by atoms with van der Waals surface area (Å²) in [5.74, 6) is -0.0726. The Hall–Kier alpha value is -1.91. The summed E-state index contributed by atoms with van der Waals surface area (Å²) < 4.78 is 0. The van der Waals surface area contributed by atoms with E-state index in [9.17, 15) is 15.0 Å². The largest absolute Gasteiger partial charge is 0.394 e. The summed E-state index contributed by atoms with van der Waals surface area (Å²) in [5, 5.41) is 23.2. The molecule has 0 bridgehead atoms. The van der Waals surface area contributed by atoms with Crippen molar-refractivity contribution >= 4 is 5.91 Å². The molecule has 0 aromatic heterocycles. The molecular formula is C68H127NO3. The summed E-state index contributed by atoms with van der Waals surface area (Å²) >= 11 is 0. The number of allylic oxidation sites excluding steroid dienone is 9. The lowest BCUT2D eigenvalue weighted by Gasteiger charge is -2.19. The number of aliphatic hydroxyl groups is 2. The Balaban J connectivity index is 3.42. The van der Waals surface area contributed by atoms with Crippen molar-refractivity contribution in [3.8, 4) is 0 Å². The molecule has 2 atom stereocenters. The molecule has 1 amide bonds. The molecule has 0 saturated carbocycles. The van der Waals surface area contributed by atoms with Crippen LogP contribution in [0.25, 0.3) is 0 Å². The topological polar surface area (TPSA) is 69.6 Å². The second-order valence-electron chi connectivity index (χ2n) is 22.2. The highest BCUT2D eigenvalue weighted by molar-refractivity contribution is 5.76. The normalized spacial score (nSPS) is 13.1. The number of carbonyl (C=O) groups excluding carboxylic acids is 1. The zero-order valence-corrected chi connectivity index (χ0v) is 48.7. The molecular weight excluding hydrogens is 879 g/mol. The third kappa shape index (κ3) is 59.0. The third-order valence-corrected chi connectivity index (χ3v) is 15.0. The summed E-state index contributed by atoms with van der Waals surface area (Å²) in [4.78, 5) is 12.5. The summed E-state index contributed by atoms with van der Waals surface area (Å²) in [5.41, 5.74) is 0. The molecule has 3 N–H and O–H groups in total. The van der Waals surface area contributed by atoms with Gasteiger partial charge in [0.05, 0.1) is 18.8 Å². The first-order valence-electron chi connectivity index (χ1n) is 32.5. The Morgan fingerprint density at radius 3 is 0.889 bits per heavy atom. The van der Waals surface area contributed by atoms with Gasteiger partial charge in [0, 0.05) is 6.42 Å². The van der Waals surface area contributed by atoms with Crippen LogP contribution in [0.3, 0.4) is 0 Å². The Morgan fingerprint density at radius 2 is 0.583 bits per heavy atom. The van der Waals surface area contributed by atoms with E-state index in [0.29, 0.717) is 6.42 Å². The number of carbonyl (C=O) groups is 1. The van der Waals surface area contributed by atoms with Gasteiger partial charge in [-0.3, -0.25) is 4.79 Å². The Kier molecular flexibility index (Phi) is 61.7. The van der Waals surface area contributed by atoms with E-state index in [1.165, 1.54) is 283 Å². The number of hydrogen-bond acceptors (Lipinski definition) is 3. The lowest BCUT2D eigenvalue weighted by Crippen LogP contribution is -2.45. The number of hydrogen-bond donors (Lipinski definition) is 3. The van der Waals surface area contributed by atoms with Crippen molar-refractivity contribution < 1.29 is 15.0 Å². The molecule has 0 radical (unpaired) electrons. The van der Waals surface area contributed by atoms with Gasteiger partial charge in [-0.05, 0) is 77.0 Å². The van der Waals surface area contributed by atoms with Crippen LogP contribution in [0.15, 0.2) is 60.8 Å². The summed E-state index contributed by atoms with van der Waals surface area (Å²) in [6.07, 6.45) is 90.1. The fraction of sp³-hybridized carbons (Fsp3) is 0.838. The summed E-state index contributed by atoms with van der Waals surface area (Å²) in [7, 11) is 0. The Bertz CT molecular complexity index is 1190. The minimum atomic E-state index is -0.871. The molecule has 0 aliphatic heterocycles. The minimum Gasteiger partial charge on any atom is -0.394 e. The molecule has 422 valence electrons. The zero-order valence-electron chi connectivity index (χ0n) is 48.7. The van der Waals surface area contributed by atoms with Crippen LogP contribution < -0.4 is 5.32 Å². The van der Waals surface area contributed by atoms with Crippen LogP contribution >= 0.6 is 0 Å². The van der Waals surface area contributed by atoms with E-state index in [1.54, 1.807) is 6.08 Å². The Morgan fingerprint density at radius 1 is 0.333 bits per heavy atom. The number of rotatable bonds is 60. The van der Waals surface area contributed by atoms with Gasteiger partial charge in [-0.15, -0.1) is 0 Å². The van der Waals surface area contributed by atoms with Gasteiger partial charge in [0.2, 0.25) is 5.91 Å². The van der Waals surface area contributed by atoms with Gasteiger partial charge < -0.3 is 15.5 Å². The fourth-order valence-corrected chi connectivity index (χ4v) is 10.0. The van der Waals surface area contributed by atoms with Gasteiger partial charge in [0.25, 0.3) is 0 Å². The van der Waals surface area contributed by atoms with E-state index in [1.807, 2.05) is 6.08 Å². The first kappa shape index (κ1) is 70.1. The predicted molar refractivity (Wildman–Crippen MR) is 322 cm³/mol. The first-order valence-corrected chi connectivity index (χ1v) is 32.5. The summed E-state index contributed by atoms with van der Waals surface area (Å²) in [6.45, 7) is 4.30. The maximum absolute atomic E-state index is 12.5. The molecule has 0 aliphatic rings. The fourth-order valence-electron chi connectivity index (χ4n) is 10.0. The van der Waals surface area contributed by atoms with Crippen molar-refractivity contribution in [2.75, 3.05) is 6.61 Å². The van der Waals surface area contributed by atoms with E-state index < -0.39 is 12.1 Å². The molecule has 0 aromatic carbocycles. The highest BCUT2D eigenvalue weighted by Crippen LogP contribution is 2.18. The average molecular weight is 1010 g/mol. The third-order valence-electron chi connectivity index (χ3n) is 15.0. The van der Waals surface area contributed by atoms with Crippen molar-refractivity contribution in [1.29, 1.82) is 0 Å². The maximum Gasteiger partial charge on any atom is 0.220 e. The van der Waals surface area contributed by atoms with Crippen LogP contribution in [-0.4, -0.2) is 34.9 Å². The highest BCUT2D eigenvalue weighted by Gasteiger charge is 2.18. The van der Waals surface area contributed by atoms with E-state index in [-0.39, 0.29) is 12.5 Å². The lowest BCUT2D eigenvalue weighted by atomic mass is 10.0. The molecule has 2 unspecified atom stereocenters. The molecule has 0 saturated heterocycles. The van der Waals surface area contributed by atoms with Gasteiger partial charge in [-0.1, -0.05) is 325 Å². The molecule has 4 nitrogen and oxygen atoms in total. The zero-order chi connectivity index (χ0) is 52.0. The SMILES string of the molecule is CCCCCCC/C=C\C/C=C\CCCCCCCCCCCCCCCCCCCCCCCCCCCCCCCC(=O)NC(CO)C(O)/C=C/CC/C=C/CC/C=C/CCCCCCCCCCC. The van der Waals surface area contributed by atoms with Gasteiger partial charge >= 0.3 is 0 Å². The van der Waals surface area contributed by atoms with E-state index in [4.69, 9.17) is 0 Å². The molecule has 0 aromatic rings. The van der Waals surface area contributed by atoms with Crippen molar-refractivity contribution in [1.82, 2.24) is 5.32 Å². The van der Waals surface area contributed by atoms with Crippen molar-refractivity contribution in [2.45, 2.75) is 360 Å². The molecule has 0 aliphatic carbocycles. The summed E-state index contributed by atoms with van der Waals surface area (Å²) in [6, 6.07) is -0.646. The lowest BCUT2D eigenvalue weighted by molar-refractivity contribution is -0.123. The monoisotopic (exact) mass is 1010 g/mol. The number of unbranched alkanes of at least 4 members (excludes halogenated alkanes) is 45. The Labute approximate surface area is 451 Å². The van der Waals surface area contributed by atoms with Crippen LogP contribution in [0, 0.1) is 0 Å². The first-order chi connectivity index (χ1) is 35.7. The molecule has 0 fully saturated rings. The van der Waals surface area contributed by atoms with E-state index >= 15 is 0 Å². The van der Waals surface area contributed by atoms with Crippen LogP contribution in [-0.2, 0) is 4.79 Å². The van der Waals surface area contributed by atoms with Crippen LogP contribution in [0.4, 0.5) is 0 Å². The van der Waals surface area contributed by atoms with Gasteiger partial charge in [0.15, 0.2) is 0 Å². The van der Waals surface area contributed by atoms with Gasteiger partial charge in [-0.2, -0.15) is 0 Å². The standard InChI is InChI=1S/C68H127NO3/c1-3-5-7-9-11-13-15-17-19-21-23-24-25-26-27-28-29-30-31-32-33-34-35-36-37-38-39-40-41-42-43-44-46-48-50-52-54-56-58-60-62-64-68(72)69-66(65-70)67(71)63-61-59-57-55-53-51-49-47-45-22-20-18-16-14-12-10-8-6-4-2/h15,17,21,23,45,47,53,55,61,63,66-67,70-71H,3-14,16,18-20,22,24-44,46,48-52,54,56-60,62,64-65H2,1-2H3,(H,69,72)/b17-15-,23-21-,47-45+,55-53+,63-61+. The van der Waals surface area contributed by atoms with Crippen LogP contribution in [0.1, 0.15) is 348 Å². The second-order valence-corrected chi connectivity index (χ2v) is 22.2. The highest BCUT2D eigenvalue weighted by atomic mass is 16.3. The van der Waals surface area contributed by atoms with Crippen molar-refractivity contribution in [2.24, 2.45) is 0 Å². The average Bonchev–Trinajstić information content (AvgIpc) is 3.39. The van der Waals surface area contributed by atoms with E-state index in [0.717, 1.165) is 44.9 Å².